The minimum Gasteiger partial charge on any atom is -0.110 e. The standard InChI is InChI=1S/C8H25P7/c1-2-3-4-5-6-7-14(12-9)8-15(11)13-10/h12-13H,2-11H2,1H3. The van der Waals surface area contributed by atoms with Gasteiger partial charge in [0.1, 0.15) is 0 Å². The van der Waals surface area contributed by atoms with Gasteiger partial charge in [0.2, 0.25) is 0 Å². The molecule has 0 bridgehead atoms. The highest BCUT2D eigenvalue weighted by atomic mass is 32.6. The summed E-state index contributed by atoms with van der Waals surface area (Å²) in [6, 6.07) is 0. The second-order valence-electron chi connectivity index (χ2n) is 3.55. The van der Waals surface area contributed by atoms with Crippen molar-refractivity contribution in [2.45, 2.75) is 39.0 Å². The van der Waals surface area contributed by atoms with Gasteiger partial charge in [-0.3, -0.25) is 0 Å². The summed E-state index contributed by atoms with van der Waals surface area (Å²) in [5, 5.41) is 0. The Labute approximate surface area is 109 Å². The second kappa shape index (κ2) is 13.4. The first-order valence-corrected chi connectivity index (χ1v) is 17.6. The van der Waals surface area contributed by atoms with E-state index in [-0.39, 0.29) is 7.30 Å². The van der Waals surface area contributed by atoms with Gasteiger partial charge in [-0.1, -0.05) is 63.4 Å². The first kappa shape index (κ1) is 18.0. The van der Waals surface area contributed by atoms with Gasteiger partial charge in [0.15, 0.2) is 0 Å². The first-order chi connectivity index (χ1) is 7.24. The molecule has 0 radical (unpaired) electrons. The van der Waals surface area contributed by atoms with Crippen molar-refractivity contribution < 1.29 is 0 Å². The van der Waals surface area contributed by atoms with Gasteiger partial charge in [-0.25, -0.2) is 0 Å². The van der Waals surface area contributed by atoms with Crippen LogP contribution in [0.3, 0.4) is 0 Å². The zero-order chi connectivity index (χ0) is 11.5. The third kappa shape index (κ3) is 11.8. The van der Waals surface area contributed by atoms with Crippen LogP contribution in [0, 0.1) is 0 Å². The van der Waals surface area contributed by atoms with Crippen LogP contribution in [-0.2, 0) is 0 Å². The van der Waals surface area contributed by atoms with Gasteiger partial charge in [0.25, 0.3) is 0 Å². The molecule has 0 aliphatic rings. The number of hydrogen-bond donors (Lipinski definition) is 0. The molecule has 7 unspecified atom stereocenters. The van der Waals surface area contributed by atoms with E-state index < -0.39 is 0 Å². The molecule has 92 valence electrons. The molecule has 0 N–H and O–H groups in total. The van der Waals surface area contributed by atoms with Gasteiger partial charge in [-0.05, 0) is 18.5 Å². The lowest BCUT2D eigenvalue weighted by Gasteiger charge is -2.19. The topological polar surface area (TPSA) is 0 Å². The predicted octanol–water partition coefficient (Wildman–Crippen LogP) is 6.44. The van der Waals surface area contributed by atoms with Crippen LogP contribution in [0.1, 0.15) is 39.0 Å². The molecule has 7 heteroatoms. The molecular weight excluding hydrogens is 313 g/mol. The molecule has 15 heavy (non-hydrogen) atoms. The highest BCUT2D eigenvalue weighted by molar-refractivity contribution is 8.63. The van der Waals surface area contributed by atoms with Gasteiger partial charge in [0, 0.05) is 0 Å². The molecule has 0 aliphatic carbocycles. The van der Waals surface area contributed by atoms with E-state index in [1.54, 1.807) is 0 Å². The summed E-state index contributed by atoms with van der Waals surface area (Å²) in [5.74, 6) is 1.53. The van der Waals surface area contributed by atoms with Crippen molar-refractivity contribution in [3.63, 3.8) is 0 Å². The molecule has 0 rings (SSSR count). The molecule has 0 aromatic carbocycles. The lowest BCUT2D eigenvalue weighted by Crippen LogP contribution is -1.83. The maximum absolute atomic E-state index is 3.07. The monoisotopic (exact) mass is 338 g/mol. The van der Waals surface area contributed by atoms with Gasteiger partial charge in [0.05, 0.1) is 0 Å². The first-order valence-electron chi connectivity index (χ1n) is 5.44. The van der Waals surface area contributed by atoms with Crippen molar-refractivity contribution in [3.8, 4) is 0 Å². The third-order valence-electron chi connectivity index (χ3n) is 2.20. The largest absolute Gasteiger partial charge is 0.110 e. The highest BCUT2D eigenvalue weighted by Gasteiger charge is 2.09. The van der Waals surface area contributed by atoms with E-state index in [1.807, 2.05) is 0 Å². The summed E-state index contributed by atoms with van der Waals surface area (Å²) >= 11 is 0. The van der Waals surface area contributed by atoms with E-state index >= 15 is 0 Å². The van der Waals surface area contributed by atoms with E-state index in [2.05, 4.69) is 33.7 Å². The average Bonchev–Trinajstić information content (AvgIpc) is 2.26. The van der Waals surface area contributed by atoms with E-state index in [9.17, 15) is 0 Å². The quantitative estimate of drug-likeness (QED) is 0.318. The van der Waals surface area contributed by atoms with Crippen LogP contribution in [0.15, 0.2) is 0 Å². The van der Waals surface area contributed by atoms with Gasteiger partial charge in [-0.2, -0.15) is 0 Å². The van der Waals surface area contributed by atoms with Crippen molar-refractivity contribution in [3.05, 3.63) is 0 Å². The summed E-state index contributed by atoms with van der Waals surface area (Å²) in [7, 11) is 11.9. The van der Waals surface area contributed by atoms with Crippen molar-refractivity contribution >= 4 is 57.6 Å². The molecule has 0 saturated carbocycles. The van der Waals surface area contributed by atoms with E-state index in [4.69, 9.17) is 0 Å². The van der Waals surface area contributed by atoms with Crippen LogP contribution in [0.25, 0.3) is 0 Å². The normalized spacial score (nSPS) is 16.8. The minimum absolute atomic E-state index is 0.279. The van der Waals surface area contributed by atoms with Gasteiger partial charge >= 0.3 is 0 Å². The summed E-state index contributed by atoms with van der Waals surface area (Å²) in [6.07, 6.45) is 8.75. The summed E-state index contributed by atoms with van der Waals surface area (Å²) < 4.78 is 0. The Kier molecular flexibility index (Phi) is 16.1. The highest BCUT2D eigenvalue weighted by Crippen LogP contribution is 2.75. The Balaban J connectivity index is 3.44. The molecule has 7 atom stereocenters. The van der Waals surface area contributed by atoms with Gasteiger partial charge < -0.3 is 0 Å². The van der Waals surface area contributed by atoms with Crippen LogP contribution in [0.5, 0.6) is 0 Å². The maximum Gasteiger partial charge on any atom is -0.000775 e. The Morgan fingerprint density at radius 1 is 1.00 bits per heavy atom. The minimum atomic E-state index is 0.279. The fourth-order valence-corrected chi connectivity index (χ4v) is 20.1. The van der Waals surface area contributed by atoms with Crippen LogP contribution >= 0.6 is 57.6 Å². The molecule has 0 aliphatic heterocycles. The summed E-state index contributed by atoms with van der Waals surface area (Å²) in [5.41, 5.74) is 0. The molecule has 0 aromatic rings. The number of rotatable bonds is 10. The fourth-order valence-electron chi connectivity index (χ4n) is 1.31. The Bertz CT molecular complexity index is 132. The Hall–Kier alpha value is 3.01. The molecular formula is C8H25P7. The van der Waals surface area contributed by atoms with Crippen LogP contribution in [0.4, 0.5) is 0 Å². The summed E-state index contributed by atoms with van der Waals surface area (Å²) in [6.45, 7) is 2.29. The molecule has 0 spiro atoms. The number of unbranched alkanes of at least 4 members (excludes halogenated alkanes) is 4. The van der Waals surface area contributed by atoms with Crippen molar-refractivity contribution in [1.82, 2.24) is 0 Å². The third-order valence-corrected chi connectivity index (χ3v) is 23.4. The molecule has 0 amide bonds. The van der Waals surface area contributed by atoms with Crippen molar-refractivity contribution in [2.24, 2.45) is 0 Å². The lowest BCUT2D eigenvalue weighted by atomic mass is 10.2. The predicted molar refractivity (Wildman–Crippen MR) is 98.1 cm³/mol. The Morgan fingerprint density at radius 2 is 1.67 bits per heavy atom. The molecule has 0 aromatic heterocycles. The average molecular weight is 338 g/mol. The number of hydrogen-bond acceptors (Lipinski definition) is 0. The van der Waals surface area contributed by atoms with Crippen molar-refractivity contribution in [2.75, 3.05) is 12.1 Å². The van der Waals surface area contributed by atoms with E-state index in [0.717, 1.165) is 15.9 Å². The summed E-state index contributed by atoms with van der Waals surface area (Å²) in [4.78, 5) is 0. The molecule has 0 nitrogen and oxygen atoms in total. The second-order valence-corrected chi connectivity index (χ2v) is 20.9. The van der Waals surface area contributed by atoms with Crippen LogP contribution in [0.2, 0.25) is 0 Å². The van der Waals surface area contributed by atoms with E-state index in [0.29, 0.717) is 7.61 Å². The van der Waals surface area contributed by atoms with E-state index in [1.165, 1.54) is 44.2 Å². The van der Waals surface area contributed by atoms with Crippen LogP contribution < -0.4 is 0 Å². The SMILES string of the molecule is CCCCCCCP(CP(P)PP)PP. The van der Waals surface area contributed by atoms with Crippen LogP contribution in [-0.4, -0.2) is 12.1 Å². The molecule has 0 fully saturated rings. The molecule has 0 saturated heterocycles. The molecule has 0 heterocycles. The fraction of sp³-hybridized carbons (Fsp3) is 1.00. The maximum atomic E-state index is 3.07. The smallest absolute Gasteiger partial charge is 0.000775 e. The lowest BCUT2D eigenvalue weighted by molar-refractivity contribution is 0.659. The Morgan fingerprint density at radius 3 is 2.20 bits per heavy atom. The van der Waals surface area contributed by atoms with Gasteiger partial charge in [-0.15, -0.1) is 26.8 Å². The zero-order valence-electron chi connectivity index (χ0n) is 9.58. The van der Waals surface area contributed by atoms with Crippen molar-refractivity contribution in [1.29, 1.82) is 0 Å². The zero-order valence-corrected chi connectivity index (χ0v) is 16.8.